The van der Waals surface area contributed by atoms with Gasteiger partial charge in [0.2, 0.25) is 0 Å². The van der Waals surface area contributed by atoms with Crippen LogP contribution in [0.25, 0.3) is 0 Å². The number of carbonyl (C=O) groups is 1. The van der Waals surface area contributed by atoms with Crippen LogP contribution in [0.2, 0.25) is 5.02 Å². The summed E-state index contributed by atoms with van der Waals surface area (Å²) >= 11 is 11.2. The van der Waals surface area contributed by atoms with E-state index in [0.717, 1.165) is 64.8 Å². The van der Waals surface area contributed by atoms with Crippen LogP contribution in [0.5, 0.6) is 0 Å². The molecule has 1 aliphatic heterocycles. The van der Waals surface area contributed by atoms with Gasteiger partial charge in [0.15, 0.2) is 0 Å². The molecule has 0 saturated carbocycles. The molecule has 2 heterocycles. The largest absolute Gasteiger partial charge is 0.383 e. The third-order valence-electron chi connectivity index (χ3n) is 5.29. The van der Waals surface area contributed by atoms with Gasteiger partial charge in [0.05, 0.1) is 11.4 Å². The van der Waals surface area contributed by atoms with Gasteiger partial charge in [0.25, 0.3) is 5.91 Å². The molecule has 1 aromatic heterocycles. The maximum Gasteiger partial charge on any atom is 0.265 e. The predicted molar refractivity (Wildman–Crippen MR) is 130 cm³/mol. The number of halogens is 2. The number of nitrogens with zero attached hydrogens (tertiary/aromatic N) is 2. The number of para-hydroxylation sites is 2. The van der Waals surface area contributed by atoms with Crippen molar-refractivity contribution >= 4 is 56.1 Å². The smallest absolute Gasteiger partial charge is 0.265 e. The molecule has 4 nitrogen and oxygen atoms in total. The summed E-state index contributed by atoms with van der Waals surface area (Å²) in [4.78, 5) is 17.8. The summed E-state index contributed by atoms with van der Waals surface area (Å²) < 4.78 is 0.882. The number of anilines is 2. The van der Waals surface area contributed by atoms with Gasteiger partial charge in [-0.1, -0.05) is 41.9 Å². The van der Waals surface area contributed by atoms with E-state index in [1.165, 1.54) is 17.0 Å². The minimum Gasteiger partial charge on any atom is -0.383 e. The van der Waals surface area contributed by atoms with E-state index in [4.69, 9.17) is 11.6 Å². The molecule has 2 aromatic carbocycles. The first-order valence-electron chi connectivity index (χ1n) is 9.97. The minimum atomic E-state index is 0.114. The van der Waals surface area contributed by atoms with Gasteiger partial charge in [-0.3, -0.25) is 4.79 Å². The molecule has 0 radical (unpaired) electrons. The molecule has 156 valence electrons. The second kappa shape index (κ2) is 9.86. The highest BCUT2D eigenvalue weighted by molar-refractivity contribution is 9.10. The number of carbonyl (C=O) groups excluding carboxylic acids is 1. The first-order valence-corrected chi connectivity index (χ1v) is 12.0. The van der Waals surface area contributed by atoms with E-state index in [-0.39, 0.29) is 5.91 Å². The zero-order valence-electron chi connectivity index (χ0n) is 16.5. The molecule has 1 N–H and O–H groups in total. The van der Waals surface area contributed by atoms with E-state index >= 15 is 0 Å². The maximum absolute atomic E-state index is 12.8. The van der Waals surface area contributed by atoms with Crippen molar-refractivity contribution in [3.63, 3.8) is 0 Å². The van der Waals surface area contributed by atoms with Gasteiger partial charge in [-0.05, 0) is 57.6 Å². The Balaban J connectivity index is 1.37. The lowest BCUT2D eigenvalue weighted by molar-refractivity contribution is 0.0751. The van der Waals surface area contributed by atoms with Crippen molar-refractivity contribution < 1.29 is 4.79 Å². The molecule has 0 unspecified atom stereocenters. The van der Waals surface area contributed by atoms with Crippen LogP contribution < -0.4 is 10.2 Å². The third kappa shape index (κ3) is 4.82. The number of nitrogens with one attached hydrogen (secondary N) is 1. The Kier molecular flexibility index (Phi) is 6.97. The van der Waals surface area contributed by atoms with Gasteiger partial charge in [0.1, 0.15) is 4.88 Å². The Labute approximate surface area is 194 Å². The molecular formula is C23H23BrClN3OS. The minimum absolute atomic E-state index is 0.114. The van der Waals surface area contributed by atoms with Crippen LogP contribution in [0.4, 0.5) is 11.4 Å². The first-order chi connectivity index (χ1) is 14.6. The van der Waals surface area contributed by atoms with Gasteiger partial charge in [-0.15, -0.1) is 11.3 Å². The van der Waals surface area contributed by atoms with E-state index in [1.54, 1.807) is 0 Å². The highest BCUT2D eigenvalue weighted by Crippen LogP contribution is 2.28. The summed E-state index contributed by atoms with van der Waals surface area (Å²) in [7, 11) is 0. The lowest BCUT2D eigenvalue weighted by Crippen LogP contribution is -2.48. The van der Waals surface area contributed by atoms with Crippen molar-refractivity contribution in [2.75, 3.05) is 42.9 Å². The van der Waals surface area contributed by atoms with Crippen molar-refractivity contribution in [1.82, 2.24) is 4.90 Å². The third-order valence-corrected chi connectivity index (χ3v) is 7.49. The average Bonchev–Trinajstić information content (AvgIpc) is 3.21. The summed E-state index contributed by atoms with van der Waals surface area (Å²) in [5, 5.41) is 6.32. The Morgan fingerprint density at radius 2 is 1.77 bits per heavy atom. The van der Waals surface area contributed by atoms with Crippen LogP contribution in [-0.2, 0) is 6.42 Å². The fourth-order valence-corrected chi connectivity index (χ4v) is 5.41. The highest BCUT2D eigenvalue weighted by Gasteiger charge is 2.25. The summed E-state index contributed by atoms with van der Waals surface area (Å²) in [6.07, 6.45) is 0.867. The van der Waals surface area contributed by atoms with Crippen molar-refractivity contribution in [3.8, 4) is 0 Å². The molecular weight excluding hydrogens is 482 g/mol. The molecule has 0 atom stereocenters. The van der Waals surface area contributed by atoms with Crippen LogP contribution in [0.15, 0.2) is 64.5 Å². The van der Waals surface area contributed by atoms with E-state index in [0.29, 0.717) is 0 Å². The summed E-state index contributed by atoms with van der Waals surface area (Å²) in [6, 6.07) is 18.3. The summed E-state index contributed by atoms with van der Waals surface area (Å²) in [5.41, 5.74) is 3.45. The molecule has 1 amide bonds. The van der Waals surface area contributed by atoms with Crippen molar-refractivity contribution in [2.45, 2.75) is 6.42 Å². The normalized spacial score (nSPS) is 14.1. The van der Waals surface area contributed by atoms with Crippen molar-refractivity contribution in [2.24, 2.45) is 0 Å². The van der Waals surface area contributed by atoms with E-state index in [1.807, 2.05) is 34.5 Å². The summed E-state index contributed by atoms with van der Waals surface area (Å²) in [5.74, 6) is 0.114. The van der Waals surface area contributed by atoms with Gasteiger partial charge in [0, 0.05) is 42.2 Å². The Morgan fingerprint density at radius 1 is 1.03 bits per heavy atom. The van der Waals surface area contributed by atoms with Crippen molar-refractivity contribution in [1.29, 1.82) is 0 Å². The molecule has 3 aromatic rings. The second-order valence-corrected chi connectivity index (χ2v) is 9.34. The highest BCUT2D eigenvalue weighted by atomic mass is 79.9. The predicted octanol–water partition coefficient (Wildman–Crippen LogP) is 5.78. The standard InChI is InChI=1S/C23H23BrClN3OS/c24-18-10-16-30-22(18)23(29)28-14-12-27(13-15-28)21-8-4-3-7-20(21)26-11-9-17-5-1-2-6-19(17)25/h1-8,10,16,26H,9,11-15H2. The Morgan fingerprint density at radius 3 is 2.50 bits per heavy atom. The van der Waals surface area contributed by atoms with E-state index in [2.05, 4.69) is 56.5 Å². The van der Waals surface area contributed by atoms with Gasteiger partial charge in [-0.2, -0.15) is 0 Å². The van der Waals surface area contributed by atoms with Crippen molar-refractivity contribution in [3.05, 3.63) is 79.9 Å². The first kappa shape index (κ1) is 21.2. The maximum atomic E-state index is 12.8. The molecule has 1 saturated heterocycles. The quantitative estimate of drug-likeness (QED) is 0.462. The number of hydrogen-bond donors (Lipinski definition) is 1. The number of amides is 1. The zero-order chi connectivity index (χ0) is 20.9. The van der Waals surface area contributed by atoms with E-state index in [9.17, 15) is 4.79 Å². The second-order valence-electron chi connectivity index (χ2n) is 7.16. The monoisotopic (exact) mass is 503 g/mol. The lowest BCUT2D eigenvalue weighted by Gasteiger charge is -2.37. The SMILES string of the molecule is O=C(c1sccc1Br)N1CCN(c2ccccc2NCCc2ccccc2Cl)CC1. The molecule has 0 aliphatic carbocycles. The van der Waals surface area contributed by atoms with Crippen LogP contribution in [0.3, 0.4) is 0 Å². The zero-order valence-corrected chi connectivity index (χ0v) is 19.6. The summed E-state index contributed by atoms with van der Waals surface area (Å²) in [6.45, 7) is 3.88. The van der Waals surface area contributed by atoms with Crippen LogP contribution in [0, 0.1) is 0 Å². The molecule has 4 rings (SSSR count). The number of thiophene rings is 1. The number of hydrogen-bond acceptors (Lipinski definition) is 4. The van der Waals surface area contributed by atoms with Crippen LogP contribution in [-0.4, -0.2) is 43.5 Å². The van der Waals surface area contributed by atoms with Crippen LogP contribution >= 0.6 is 38.9 Å². The Hall–Kier alpha value is -2.02. The van der Waals surface area contributed by atoms with Crippen LogP contribution in [0.1, 0.15) is 15.2 Å². The number of benzene rings is 2. The average molecular weight is 505 g/mol. The Bertz CT molecular complexity index is 1020. The molecule has 1 aliphatic rings. The fourth-order valence-electron chi connectivity index (χ4n) is 3.67. The molecule has 7 heteroatoms. The fraction of sp³-hybridized carbons (Fsp3) is 0.261. The number of rotatable bonds is 6. The van der Waals surface area contributed by atoms with Gasteiger partial charge in [-0.25, -0.2) is 0 Å². The van der Waals surface area contributed by atoms with Gasteiger partial charge < -0.3 is 15.1 Å². The molecule has 0 bridgehead atoms. The lowest BCUT2D eigenvalue weighted by atomic mass is 10.1. The van der Waals surface area contributed by atoms with E-state index < -0.39 is 0 Å². The molecule has 1 fully saturated rings. The number of piperazine rings is 1. The molecule has 30 heavy (non-hydrogen) atoms. The molecule has 0 spiro atoms. The van der Waals surface area contributed by atoms with Gasteiger partial charge >= 0.3 is 0 Å². The topological polar surface area (TPSA) is 35.6 Å².